The normalized spacial score (nSPS) is 14.8. The fraction of sp³-hybridized carbons (Fsp3) is 0.333. The van der Waals surface area contributed by atoms with Gasteiger partial charge in [0.1, 0.15) is 23.6 Å². The van der Waals surface area contributed by atoms with Crippen LogP contribution in [0.3, 0.4) is 0 Å². The SMILES string of the molecule is CN(C)CCOc1cncc(-c2ccc3[nH]nc(-c4cc5c(N6CCN(C)CC6)cncc5[nH]4)c3n2)c1. The Hall–Kier alpha value is -4.02. The minimum atomic E-state index is 0.599. The molecule has 5 aromatic heterocycles. The summed E-state index contributed by atoms with van der Waals surface area (Å²) in [6, 6.07) is 8.13. The molecule has 6 rings (SSSR count). The number of hydrogen-bond donors (Lipinski definition) is 2. The van der Waals surface area contributed by atoms with E-state index in [1.165, 1.54) is 0 Å². The molecule has 0 atom stereocenters. The highest BCUT2D eigenvalue weighted by molar-refractivity contribution is 5.98. The van der Waals surface area contributed by atoms with Gasteiger partial charge in [-0.25, -0.2) is 4.98 Å². The number of aromatic nitrogens is 6. The Morgan fingerprint density at radius 3 is 2.65 bits per heavy atom. The summed E-state index contributed by atoms with van der Waals surface area (Å²) in [5.41, 5.74) is 7.23. The van der Waals surface area contributed by atoms with E-state index in [-0.39, 0.29) is 0 Å². The highest BCUT2D eigenvalue weighted by Gasteiger charge is 2.20. The summed E-state index contributed by atoms with van der Waals surface area (Å²) >= 11 is 0. The van der Waals surface area contributed by atoms with Crippen LogP contribution in [-0.4, -0.2) is 100 Å². The van der Waals surface area contributed by atoms with Gasteiger partial charge in [-0.1, -0.05) is 0 Å². The van der Waals surface area contributed by atoms with Gasteiger partial charge >= 0.3 is 0 Å². The summed E-state index contributed by atoms with van der Waals surface area (Å²) in [7, 11) is 6.21. The van der Waals surface area contributed by atoms with Gasteiger partial charge in [0.25, 0.3) is 0 Å². The van der Waals surface area contributed by atoms with Crippen LogP contribution in [-0.2, 0) is 0 Å². The van der Waals surface area contributed by atoms with Crippen molar-refractivity contribution in [2.24, 2.45) is 0 Å². The smallest absolute Gasteiger partial charge is 0.138 e. The highest BCUT2D eigenvalue weighted by atomic mass is 16.5. The molecule has 10 heteroatoms. The molecule has 6 heterocycles. The Bertz CT molecular complexity index is 1530. The lowest BCUT2D eigenvalue weighted by Crippen LogP contribution is -2.44. The third-order valence-corrected chi connectivity index (χ3v) is 6.85. The number of ether oxygens (including phenoxy) is 1. The Labute approximate surface area is 215 Å². The van der Waals surface area contributed by atoms with E-state index < -0.39 is 0 Å². The van der Waals surface area contributed by atoms with Gasteiger partial charge in [-0.2, -0.15) is 5.10 Å². The van der Waals surface area contributed by atoms with Gasteiger partial charge in [0.15, 0.2) is 0 Å². The van der Waals surface area contributed by atoms with E-state index in [2.05, 4.69) is 53.0 Å². The Kier molecular flexibility index (Phi) is 6.19. The van der Waals surface area contributed by atoms with Crippen LogP contribution in [0.5, 0.6) is 5.75 Å². The zero-order valence-electron chi connectivity index (χ0n) is 21.4. The molecule has 1 aliphatic rings. The predicted octanol–water partition coefficient (Wildman–Crippen LogP) is 3.26. The quantitative estimate of drug-likeness (QED) is 0.353. The van der Waals surface area contributed by atoms with Crippen molar-refractivity contribution < 1.29 is 4.74 Å². The van der Waals surface area contributed by atoms with Crippen LogP contribution in [0.1, 0.15) is 0 Å². The van der Waals surface area contributed by atoms with Crippen molar-refractivity contribution in [2.75, 3.05) is 65.4 Å². The summed E-state index contributed by atoms with van der Waals surface area (Å²) in [5.74, 6) is 0.730. The van der Waals surface area contributed by atoms with E-state index in [0.717, 1.165) is 88.7 Å². The van der Waals surface area contributed by atoms with Gasteiger partial charge in [0, 0.05) is 49.9 Å². The topological polar surface area (TPSA) is 102 Å². The fourth-order valence-corrected chi connectivity index (χ4v) is 4.69. The number of fused-ring (bicyclic) bond motifs is 2. The summed E-state index contributed by atoms with van der Waals surface area (Å²) in [5, 5.41) is 8.90. The van der Waals surface area contributed by atoms with Crippen LogP contribution in [0.2, 0.25) is 0 Å². The third kappa shape index (κ3) is 4.73. The van der Waals surface area contributed by atoms with Gasteiger partial charge < -0.3 is 24.4 Å². The molecule has 0 unspecified atom stereocenters. The molecule has 190 valence electrons. The number of nitrogens with zero attached hydrogens (tertiary/aromatic N) is 7. The summed E-state index contributed by atoms with van der Waals surface area (Å²) < 4.78 is 5.88. The second kappa shape index (κ2) is 9.79. The molecule has 37 heavy (non-hydrogen) atoms. The first kappa shape index (κ1) is 23.4. The molecule has 0 amide bonds. The minimum Gasteiger partial charge on any atom is -0.491 e. The van der Waals surface area contributed by atoms with Crippen molar-refractivity contribution in [1.29, 1.82) is 0 Å². The first-order valence-corrected chi connectivity index (χ1v) is 12.5. The molecule has 1 aliphatic heterocycles. The highest BCUT2D eigenvalue weighted by Crippen LogP contribution is 2.33. The fourth-order valence-electron chi connectivity index (χ4n) is 4.69. The number of likely N-dealkylation sites (N-methyl/N-ethyl adjacent to an activating group) is 2. The van der Waals surface area contributed by atoms with Crippen LogP contribution in [0.25, 0.3) is 44.6 Å². The van der Waals surface area contributed by atoms with E-state index in [1.54, 1.807) is 6.20 Å². The van der Waals surface area contributed by atoms with E-state index in [9.17, 15) is 0 Å². The molecular formula is C27H31N9O. The molecule has 1 fully saturated rings. The summed E-state index contributed by atoms with van der Waals surface area (Å²) in [6.07, 6.45) is 7.38. The number of aromatic amines is 2. The molecule has 0 spiro atoms. The molecule has 0 radical (unpaired) electrons. The second-order valence-corrected chi connectivity index (χ2v) is 9.82. The van der Waals surface area contributed by atoms with Crippen LogP contribution >= 0.6 is 0 Å². The van der Waals surface area contributed by atoms with Crippen LogP contribution in [0.4, 0.5) is 5.69 Å². The average molecular weight is 498 g/mol. The van der Waals surface area contributed by atoms with Crippen molar-refractivity contribution in [3.05, 3.63) is 49.1 Å². The molecule has 2 N–H and O–H groups in total. The lowest BCUT2D eigenvalue weighted by molar-refractivity contribution is 0.261. The van der Waals surface area contributed by atoms with Crippen LogP contribution < -0.4 is 9.64 Å². The van der Waals surface area contributed by atoms with Crippen molar-refractivity contribution >= 4 is 27.6 Å². The van der Waals surface area contributed by atoms with Crippen LogP contribution in [0, 0.1) is 0 Å². The molecule has 5 aromatic rings. The van der Waals surface area contributed by atoms with E-state index in [0.29, 0.717) is 6.61 Å². The summed E-state index contributed by atoms with van der Waals surface area (Å²) in [4.78, 5) is 24.2. The van der Waals surface area contributed by atoms with Gasteiger partial charge in [0.2, 0.25) is 0 Å². The monoisotopic (exact) mass is 497 g/mol. The Balaban J connectivity index is 1.33. The standard InChI is InChI=1S/C27H31N9O/c1-34(2)10-11-37-19-12-18(14-28-15-19)21-4-5-22-26(31-21)27(33-32-22)23-13-20-24(30-23)16-29-17-25(20)36-8-6-35(3)7-9-36/h4-5,12-17,30H,6-11H2,1-3H3,(H,32,33). The van der Waals surface area contributed by atoms with E-state index in [1.807, 2.05) is 50.9 Å². The zero-order valence-corrected chi connectivity index (χ0v) is 21.4. The number of hydrogen-bond acceptors (Lipinski definition) is 8. The number of nitrogens with one attached hydrogen (secondary N) is 2. The van der Waals surface area contributed by atoms with Gasteiger partial charge in [-0.05, 0) is 45.4 Å². The van der Waals surface area contributed by atoms with Crippen molar-refractivity contribution in [2.45, 2.75) is 0 Å². The number of pyridine rings is 3. The van der Waals surface area contributed by atoms with Gasteiger partial charge in [-0.15, -0.1) is 0 Å². The van der Waals surface area contributed by atoms with Crippen LogP contribution in [0.15, 0.2) is 49.1 Å². The van der Waals surface area contributed by atoms with Gasteiger partial charge in [-0.3, -0.25) is 15.1 Å². The average Bonchev–Trinajstić information content (AvgIpc) is 3.53. The maximum atomic E-state index is 5.88. The number of piperazine rings is 1. The summed E-state index contributed by atoms with van der Waals surface area (Å²) in [6.45, 7) is 5.49. The van der Waals surface area contributed by atoms with Crippen molar-refractivity contribution in [3.63, 3.8) is 0 Å². The largest absolute Gasteiger partial charge is 0.491 e. The Morgan fingerprint density at radius 1 is 0.973 bits per heavy atom. The Morgan fingerprint density at radius 2 is 1.81 bits per heavy atom. The van der Waals surface area contributed by atoms with E-state index >= 15 is 0 Å². The van der Waals surface area contributed by atoms with Crippen molar-refractivity contribution in [1.82, 2.24) is 39.9 Å². The zero-order chi connectivity index (χ0) is 25.4. The van der Waals surface area contributed by atoms with Crippen molar-refractivity contribution in [3.8, 4) is 28.4 Å². The molecule has 0 saturated carbocycles. The number of anilines is 1. The predicted molar refractivity (Wildman–Crippen MR) is 146 cm³/mol. The molecule has 0 aliphatic carbocycles. The molecule has 0 bridgehead atoms. The first-order chi connectivity index (χ1) is 18.0. The lowest BCUT2D eigenvalue weighted by Gasteiger charge is -2.34. The third-order valence-electron chi connectivity index (χ3n) is 6.85. The lowest BCUT2D eigenvalue weighted by atomic mass is 10.1. The molecule has 0 aromatic carbocycles. The maximum absolute atomic E-state index is 5.88. The molecular weight excluding hydrogens is 466 g/mol. The first-order valence-electron chi connectivity index (χ1n) is 12.5. The molecule has 10 nitrogen and oxygen atoms in total. The second-order valence-electron chi connectivity index (χ2n) is 9.82. The van der Waals surface area contributed by atoms with Gasteiger partial charge in [0.05, 0.1) is 46.7 Å². The van der Waals surface area contributed by atoms with E-state index in [4.69, 9.17) is 9.72 Å². The molecule has 1 saturated heterocycles. The minimum absolute atomic E-state index is 0.599. The number of rotatable bonds is 7. The maximum Gasteiger partial charge on any atom is 0.138 e. The number of H-pyrrole nitrogens is 2.